The molecule has 0 aliphatic carbocycles. The lowest BCUT2D eigenvalue weighted by atomic mass is 9.92. The van der Waals surface area contributed by atoms with Crippen LogP contribution in [0.4, 0.5) is 0 Å². The summed E-state index contributed by atoms with van der Waals surface area (Å²) < 4.78 is 10.1. The lowest BCUT2D eigenvalue weighted by molar-refractivity contribution is -0.165. The van der Waals surface area contributed by atoms with Crippen molar-refractivity contribution in [2.24, 2.45) is 0 Å². The molecule has 1 atom stereocenters. The van der Waals surface area contributed by atoms with Crippen LogP contribution in [0, 0.1) is 0 Å². The van der Waals surface area contributed by atoms with Gasteiger partial charge in [0.2, 0.25) is 11.4 Å². The first-order chi connectivity index (χ1) is 10.9. The third kappa shape index (κ3) is 5.80. The zero-order valence-corrected chi connectivity index (χ0v) is 13.8. The number of ether oxygens (including phenoxy) is 2. The van der Waals surface area contributed by atoms with Crippen molar-refractivity contribution in [3.05, 3.63) is 0 Å². The first kappa shape index (κ1) is 19.4. The Morgan fingerprint density at radius 1 is 1.26 bits per heavy atom. The quantitative estimate of drug-likeness (QED) is 0.348. The van der Waals surface area contributed by atoms with E-state index in [0.29, 0.717) is 19.6 Å². The van der Waals surface area contributed by atoms with Gasteiger partial charge in [0.25, 0.3) is 0 Å². The molecule has 1 heterocycles. The van der Waals surface area contributed by atoms with Crippen molar-refractivity contribution >= 4 is 17.8 Å². The highest BCUT2D eigenvalue weighted by Gasteiger charge is 2.48. The number of aliphatic carboxylic acids is 1. The van der Waals surface area contributed by atoms with Crippen LogP contribution >= 0.6 is 0 Å². The predicted octanol–water partition coefficient (Wildman–Crippen LogP) is 0.0115. The zero-order chi connectivity index (χ0) is 17.3. The van der Waals surface area contributed by atoms with Crippen LogP contribution in [-0.2, 0) is 23.9 Å². The number of morpholine rings is 1. The van der Waals surface area contributed by atoms with Gasteiger partial charge < -0.3 is 19.9 Å². The summed E-state index contributed by atoms with van der Waals surface area (Å²) in [7, 11) is 0. The average Bonchev–Trinajstić information content (AvgIpc) is 2.51. The van der Waals surface area contributed by atoms with Gasteiger partial charge in [0, 0.05) is 20.0 Å². The molecule has 0 saturated carbocycles. The molecule has 1 aliphatic heterocycles. The van der Waals surface area contributed by atoms with E-state index in [1.807, 2.05) is 0 Å². The maximum atomic E-state index is 12.1. The number of carboxylic acids is 1. The van der Waals surface area contributed by atoms with Crippen LogP contribution in [0.3, 0.4) is 0 Å². The second-order valence-corrected chi connectivity index (χ2v) is 5.52. The van der Waals surface area contributed by atoms with Crippen molar-refractivity contribution < 1.29 is 29.0 Å². The van der Waals surface area contributed by atoms with E-state index in [9.17, 15) is 19.5 Å². The van der Waals surface area contributed by atoms with Crippen LogP contribution in [0.2, 0.25) is 0 Å². The third-order valence-corrected chi connectivity index (χ3v) is 3.76. The molecular formula is C15H26N2O6. The Kier molecular flexibility index (Phi) is 7.97. The molecular weight excluding hydrogens is 304 g/mol. The molecule has 1 saturated heterocycles. The van der Waals surface area contributed by atoms with E-state index in [4.69, 9.17) is 9.47 Å². The molecule has 8 heteroatoms. The summed E-state index contributed by atoms with van der Waals surface area (Å²) in [4.78, 5) is 37.3. The number of carbonyl (C=O) groups excluding carboxylic acids is 2. The van der Waals surface area contributed by atoms with Gasteiger partial charge in [0.1, 0.15) is 0 Å². The topological polar surface area (TPSA) is 105 Å². The summed E-state index contributed by atoms with van der Waals surface area (Å²) in [6.07, 6.45) is 1.22. The average molecular weight is 330 g/mol. The van der Waals surface area contributed by atoms with Crippen LogP contribution in [0.5, 0.6) is 0 Å². The van der Waals surface area contributed by atoms with E-state index in [1.54, 1.807) is 6.92 Å². The van der Waals surface area contributed by atoms with E-state index in [1.165, 1.54) is 6.92 Å². The molecule has 0 aromatic rings. The molecule has 1 rings (SSSR count). The lowest BCUT2D eigenvalue weighted by Gasteiger charge is -2.29. The van der Waals surface area contributed by atoms with Crippen LogP contribution < -0.4 is 5.32 Å². The predicted molar refractivity (Wildman–Crippen MR) is 81.9 cm³/mol. The molecule has 1 amide bonds. The summed E-state index contributed by atoms with van der Waals surface area (Å²) in [5.41, 5.74) is -2.01. The summed E-state index contributed by atoms with van der Waals surface area (Å²) in [5, 5.41) is 11.7. The first-order valence-electron chi connectivity index (χ1n) is 7.92. The van der Waals surface area contributed by atoms with Crippen LogP contribution in [0.25, 0.3) is 0 Å². The highest BCUT2D eigenvalue weighted by molar-refractivity contribution is 6.06. The van der Waals surface area contributed by atoms with Crippen LogP contribution in [0.15, 0.2) is 0 Å². The first-order valence-corrected chi connectivity index (χ1v) is 7.92. The number of unbranched alkanes of at least 4 members (excludes halogenated alkanes) is 1. The minimum absolute atomic E-state index is 0.00505. The number of carboxylic acid groups (broad SMARTS) is 1. The molecule has 8 nitrogen and oxygen atoms in total. The van der Waals surface area contributed by atoms with Gasteiger partial charge in [-0.25, -0.2) is 9.59 Å². The van der Waals surface area contributed by atoms with E-state index >= 15 is 0 Å². The Bertz CT molecular complexity index is 422. The molecule has 0 bridgehead atoms. The number of esters is 1. The standard InChI is InChI=1S/C15H26N2O6/c1-3-23-14(21)15(13(19)20,16-12(2)18)6-4-5-7-17-8-10-22-11-9-17/h3-11H2,1-2H3,(H,16,18)(H,19,20). The Balaban J connectivity index is 2.61. The van der Waals surface area contributed by atoms with Gasteiger partial charge >= 0.3 is 11.9 Å². The third-order valence-electron chi connectivity index (χ3n) is 3.76. The molecule has 132 valence electrons. The molecule has 1 fully saturated rings. The fourth-order valence-corrected chi connectivity index (χ4v) is 2.57. The number of hydrogen-bond acceptors (Lipinski definition) is 6. The fraction of sp³-hybridized carbons (Fsp3) is 0.800. The highest BCUT2D eigenvalue weighted by Crippen LogP contribution is 2.18. The number of nitrogens with one attached hydrogen (secondary N) is 1. The Morgan fingerprint density at radius 3 is 2.43 bits per heavy atom. The normalized spacial score (nSPS) is 18.0. The van der Waals surface area contributed by atoms with Gasteiger partial charge in [0.05, 0.1) is 19.8 Å². The highest BCUT2D eigenvalue weighted by atomic mass is 16.5. The number of nitrogens with zero attached hydrogens (tertiary/aromatic N) is 1. The van der Waals surface area contributed by atoms with Crippen molar-refractivity contribution in [2.45, 2.75) is 38.6 Å². The van der Waals surface area contributed by atoms with Crippen molar-refractivity contribution in [3.8, 4) is 0 Å². The van der Waals surface area contributed by atoms with E-state index in [0.717, 1.165) is 26.1 Å². The van der Waals surface area contributed by atoms with E-state index < -0.39 is 23.4 Å². The lowest BCUT2D eigenvalue weighted by Crippen LogP contribution is -2.60. The van der Waals surface area contributed by atoms with Crippen molar-refractivity contribution in [3.63, 3.8) is 0 Å². The van der Waals surface area contributed by atoms with Crippen LogP contribution in [0.1, 0.15) is 33.1 Å². The maximum Gasteiger partial charge on any atom is 0.343 e. The number of carbonyl (C=O) groups is 3. The maximum absolute atomic E-state index is 12.1. The molecule has 0 aromatic carbocycles. The summed E-state index contributed by atoms with van der Waals surface area (Å²) in [6.45, 7) is 6.76. The summed E-state index contributed by atoms with van der Waals surface area (Å²) in [6, 6.07) is 0. The Labute approximate surface area is 136 Å². The van der Waals surface area contributed by atoms with Gasteiger partial charge in [-0.3, -0.25) is 9.69 Å². The van der Waals surface area contributed by atoms with Gasteiger partial charge in [0.15, 0.2) is 0 Å². The van der Waals surface area contributed by atoms with Gasteiger partial charge in [-0.2, -0.15) is 0 Å². The summed E-state index contributed by atoms with van der Waals surface area (Å²) >= 11 is 0. The second-order valence-electron chi connectivity index (χ2n) is 5.52. The smallest absolute Gasteiger partial charge is 0.343 e. The Hall–Kier alpha value is -1.67. The molecule has 1 aliphatic rings. The molecule has 0 radical (unpaired) electrons. The second kappa shape index (κ2) is 9.46. The van der Waals surface area contributed by atoms with E-state index in [-0.39, 0.29) is 13.0 Å². The molecule has 2 N–H and O–H groups in total. The fourth-order valence-electron chi connectivity index (χ4n) is 2.57. The molecule has 0 spiro atoms. The Morgan fingerprint density at radius 2 is 1.91 bits per heavy atom. The molecule has 0 aromatic heterocycles. The number of rotatable bonds is 9. The van der Waals surface area contributed by atoms with Gasteiger partial charge in [-0.15, -0.1) is 0 Å². The minimum atomic E-state index is -2.01. The van der Waals surface area contributed by atoms with Crippen molar-refractivity contribution in [2.75, 3.05) is 39.5 Å². The zero-order valence-electron chi connectivity index (χ0n) is 13.8. The largest absolute Gasteiger partial charge is 0.479 e. The van der Waals surface area contributed by atoms with Gasteiger partial charge in [-0.1, -0.05) is 0 Å². The van der Waals surface area contributed by atoms with Crippen molar-refractivity contribution in [1.82, 2.24) is 10.2 Å². The van der Waals surface area contributed by atoms with E-state index in [2.05, 4.69) is 10.2 Å². The minimum Gasteiger partial charge on any atom is -0.479 e. The van der Waals surface area contributed by atoms with Crippen LogP contribution in [-0.4, -0.2) is 72.8 Å². The molecule has 23 heavy (non-hydrogen) atoms. The van der Waals surface area contributed by atoms with Crippen molar-refractivity contribution in [1.29, 1.82) is 0 Å². The monoisotopic (exact) mass is 330 g/mol. The number of hydrogen-bond donors (Lipinski definition) is 2. The van der Waals surface area contributed by atoms with Gasteiger partial charge in [-0.05, 0) is 32.7 Å². The molecule has 1 unspecified atom stereocenters. The number of amides is 1. The SMILES string of the molecule is CCOC(=O)C(CCCCN1CCOCC1)(NC(C)=O)C(=O)O. The summed E-state index contributed by atoms with van der Waals surface area (Å²) in [5.74, 6) is -2.89.